The maximum absolute atomic E-state index is 13.1. The fourth-order valence-electron chi connectivity index (χ4n) is 3.12. The van der Waals surface area contributed by atoms with Crippen molar-refractivity contribution in [3.8, 4) is 0 Å². The Hall–Kier alpha value is -0.640. The van der Waals surface area contributed by atoms with Crippen LogP contribution in [0.5, 0.6) is 0 Å². The Morgan fingerprint density at radius 2 is 2.17 bits per heavy atom. The lowest BCUT2D eigenvalue weighted by atomic mass is 9.94. The van der Waals surface area contributed by atoms with Gasteiger partial charge in [0.15, 0.2) is 0 Å². The fraction of sp³-hybridized carbons (Fsp3) is 0.571. The Morgan fingerprint density at radius 3 is 3.00 bits per heavy atom. The minimum Gasteiger partial charge on any atom is -0.310 e. The highest BCUT2D eigenvalue weighted by Crippen LogP contribution is 2.27. The van der Waals surface area contributed by atoms with E-state index in [0.29, 0.717) is 6.04 Å². The number of hydrogen-bond donors (Lipinski definition) is 1. The van der Waals surface area contributed by atoms with E-state index in [1.807, 2.05) is 0 Å². The number of fused-ring (bicyclic) bond motifs is 2. The molecule has 3 unspecified atom stereocenters. The second kappa shape index (κ2) is 5.16. The summed E-state index contributed by atoms with van der Waals surface area (Å²) in [6.45, 7) is 4.48. The average molecular weight is 269 g/mol. The first-order valence-corrected chi connectivity index (χ1v) is 7.00. The van der Waals surface area contributed by atoms with Gasteiger partial charge in [0.25, 0.3) is 0 Å². The SMILES string of the molecule is Fc1ccc(CNC2CCN3CCC2C3)cc1Cl. The summed E-state index contributed by atoms with van der Waals surface area (Å²) in [5.74, 6) is 0.444. The van der Waals surface area contributed by atoms with Gasteiger partial charge in [-0.05, 0) is 49.5 Å². The minimum absolute atomic E-state index is 0.213. The molecule has 3 atom stereocenters. The van der Waals surface area contributed by atoms with E-state index in [1.54, 1.807) is 12.1 Å². The molecule has 0 amide bonds. The van der Waals surface area contributed by atoms with Gasteiger partial charge in [0.05, 0.1) is 5.02 Å². The first-order chi connectivity index (χ1) is 8.72. The molecule has 2 heterocycles. The van der Waals surface area contributed by atoms with Crippen LogP contribution in [0, 0.1) is 11.7 Å². The molecule has 1 N–H and O–H groups in total. The van der Waals surface area contributed by atoms with E-state index in [1.165, 1.54) is 38.5 Å². The molecule has 1 aromatic carbocycles. The number of rotatable bonds is 3. The molecule has 2 aliphatic rings. The Labute approximate surface area is 112 Å². The normalized spacial score (nSPS) is 30.7. The van der Waals surface area contributed by atoms with E-state index in [4.69, 9.17) is 11.6 Å². The van der Waals surface area contributed by atoms with E-state index in [0.717, 1.165) is 18.0 Å². The lowest BCUT2D eigenvalue weighted by Crippen LogP contribution is -2.43. The first kappa shape index (κ1) is 12.4. The molecule has 0 saturated carbocycles. The molecule has 98 valence electrons. The Kier molecular flexibility index (Phi) is 3.55. The van der Waals surface area contributed by atoms with Gasteiger partial charge in [-0.25, -0.2) is 4.39 Å². The van der Waals surface area contributed by atoms with Crippen LogP contribution in [0.3, 0.4) is 0 Å². The highest BCUT2D eigenvalue weighted by atomic mass is 35.5. The summed E-state index contributed by atoms with van der Waals surface area (Å²) >= 11 is 5.79. The Bertz CT molecular complexity index is 438. The third-order valence-corrected chi connectivity index (χ3v) is 4.48. The van der Waals surface area contributed by atoms with Gasteiger partial charge >= 0.3 is 0 Å². The van der Waals surface area contributed by atoms with Crippen LogP contribution >= 0.6 is 11.6 Å². The topological polar surface area (TPSA) is 15.3 Å². The zero-order valence-corrected chi connectivity index (χ0v) is 11.1. The van der Waals surface area contributed by atoms with Gasteiger partial charge < -0.3 is 10.2 Å². The Morgan fingerprint density at radius 1 is 1.33 bits per heavy atom. The third-order valence-electron chi connectivity index (χ3n) is 4.19. The zero-order valence-electron chi connectivity index (χ0n) is 10.3. The van der Waals surface area contributed by atoms with Crippen LogP contribution in [-0.2, 0) is 6.54 Å². The van der Waals surface area contributed by atoms with Crippen molar-refractivity contribution in [1.82, 2.24) is 10.2 Å². The molecule has 1 aromatic rings. The maximum atomic E-state index is 13.1. The molecule has 0 aromatic heterocycles. The largest absolute Gasteiger partial charge is 0.310 e. The van der Waals surface area contributed by atoms with Gasteiger partial charge in [0.2, 0.25) is 0 Å². The molecule has 2 fully saturated rings. The first-order valence-electron chi connectivity index (χ1n) is 6.62. The summed E-state index contributed by atoms with van der Waals surface area (Å²) in [5, 5.41) is 3.82. The van der Waals surface area contributed by atoms with Gasteiger partial charge in [0.1, 0.15) is 5.82 Å². The molecule has 0 spiro atoms. The van der Waals surface area contributed by atoms with Crippen molar-refractivity contribution in [2.24, 2.45) is 5.92 Å². The van der Waals surface area contributed by atoms with Crippen molar-refractivity contribution in [2.45, 2.75) is 25.4 Å². The molecular formula is C14H18ClFN2. The molecule has 18 heavy (non-hydrogen) atoms. The molecule has 2 bridgehead atoms. The van der Waals surface area contributed by atoms with Crippen LogP contribution in [0.25, 0.3) is 0 Å². The van der Waals surface area contributed by atoms with E-state index in [9.17, 15) is 4.39 Å². The van der Waals surface area contributed by atoms with Gasteiger partial charge in [-0.15, -0.1) is 0 Å². The number of nitrogens with zero attached hydrogens (tertiary/aromatic N) is 1. The van der Waals surface area contributed by atoms with Crippen molar-refractivity contribution >= 4 is 11.6 Å². The molecule has 0 aliphatic carbocycles. The quantitative estimate of drug-likeness (QED) is 0.907. The van der Waals surface area contributed by atoms with Gasteiger partial charge in [-0.2, -0.15) is 0 Å². The maximum Gasteiger partial charge on any atom is 0.141 e. The second-order valence-corrected chi connectivity index (χ2v) is 5.78. The van der Waals surface area contributed by atoms with Crippen LogP contribution in [-0.4, -0.2) is 30.6 Å². The molecule has 2 nitrogen and oxygen atoms in total. The summed E-state index contributed by atoms with van der Waals surface area (Å²) < 4.78 is 13.1. The predicted molar refractivity (Wildman–Crippen MR) is 71.2 cm³/mol. The summed E-state index contributed by atoms with van der Waals surface area (Å²) in [5.41, 5.74) is 1.06. The molecular weight excluding hydrogens is 251 g/mol. The summed E-state index contributed by atoms with van der Waals surface area (Å²) in [6.07, 6.45) is 2.53. The van der Waals surface area contributed by atoms with Crippen LogP contribution < -0.4 is 5.32 Å². The fourth-order valence-corrected chi connectivity index (χ4v) is 3.32. The number of piperidine rings is 1. The van der Waals surface area contributed by atoms with Crippen molar-refractivity contribution in [2.75, 3.05) is 19.6 Å². The van der Waals surface area contributed by atoms with Crippen molar-refractivity contribution in [3.63, 3.8) is 0 Å². The molecule has 0 radical (unpaired) electrons. The minimum atomic E-state index is -0.343. The highest BCUT2D eigenvalue weighted by molar-refractivity contribution is 6.30. The van der Waals surface area contributed by atoms with E-state index in [2.05, 4.69) is 10.2 Å². The van der Waals surface area contributed by atoms with Gasteiger partial charge in [-0.1, -0.05) is 17.7 Å². The smallest absolute Gasteiger partial charge is 0.141 e. The number of halogens is 2. The zero-order chi connectivity index (χ0) is 12.5. The monoisotopic (exact) mass is 268 g/mol. The van der Waals surface area contributed by atoms with Crippen molar-refractivity contribution < 1.29 is 4.39 Å². The molecule has 3 rings (SSSR count). The summed E-state index contributed by atoms with van der Waals surface area (Å²) in [4.78, 5) is 2.54. The van der Waals surface area contributed by atoms with Crippen molar-refractivity contribution in [3.05, 3.63) is 34.6 Å². The lowest BCUT2D eigenvalue weighted by Gasteiger charge is -2.31. The van der Waals surface area contributed by atoms with Crippen LogP contribution in [0.4, 0.5) is 4.39 Å². The van der Waals surface area contributed by atoms with Gasteiger partial charge in [0, 0.05) is 19.1 Å². The van der Waals surface area contributed by atoms with Crippen LogP contribution in [0.15, 0.2) is 18.2 Å². The number of hydrogen-bond acceptors (Lipinski definition) is 2. The predicted octanol–water partition coefficient (Wildman–Crippen LogP) is 2.66. The third kappa shape index (κ3) is 2.53. The molecule has 2 saturated heterocycles. The summed E-state index contributed by atoms with van der Waals surface area (Å²) in [6, 6.07) is 5.57. The molecule has 4 heteroatoms. The Balaban J connectivity index is 1.58. The lowest BCUT2D eigenvalue weighted by molar-refractivity contribution is 0.220. The van der Waals surface area contributed by atoms with E-state index >= 15 is 0 Å². The van der Waals surface area contributed by atoms with Crippen molar-refractivity contribution in [1.29, 1.82) is 0 Å². The van der Waals surface area contributed by atoms with E-state index < -0.39 is 0 Å². The number of benzene rings is 1. The number of nitrogens with one attached hydrogen (secondary N) is 1. The van der Waals surface area contributed by atoms with Crippen LogP contribution in [0.2, 0.25) is 5.02 Å². The highest BCUT2D eigenvalue weighted by Gasteiger charge is 2.33. The van der Waals surface area contributed by atoms with Crippen LogP contribution in [0.1, 0.15) is 18.4 Å². The second-order valence-electron chi connectivity index (χ2n) is 5.37. The average Bonchev–Trinajstić information content (AvgIpc) is 2.75. The standard InChI is InChI=1S/C14H18ClFN2/c15-12-7-10(1-2-13(12)16)8-17-14-4-6-18-5-3-11(14)9-18/h1-2,7,11,14,17H,3-6,8-9H2. The van der Waals surface area contributed by atoms with Gasteiger partial charge in [-0.3, -0.25) is 0 Å². The van der Waals surface area contributed by atoms with E-state index in [-0.39, 0.29) is 10.8 Å². The molecule has 2 aliphatic heterocycles. The summed E-state index contributed by atoms with van der Waals surface area (Å²) in [7, 11) is 0.